The van der Waals surface area contributed by atoms with Crippen LogP contribution in [0, 0.1) is 11.1 Å². The number of benzene rings is 2. The first-order valence-electron chi connectivity index (χ1n) is 5.29. The van der Waals surface area contributed by atoms with Crippen molar-refractivity contribution in [1.29, 1.82) is 0 Å². The molecule has 1 aliphatic heterocycles. The summed E-state index contributed by atoms with van der Waals surface area (Å²) >= 11 is 4.83. The molecule has 17 heavy (non-hydrogen) atoms. The van der Waals surface area contributed by atoms with Crippen molar-refractivity contribution in [3.63, 3.8) is 0 Å². The van der Waals surface area contributed by atoms with Crippen LogP contribution in [0.5, 0.6) is 0 Å². The number of rotatable bonds is 0. The van der Waals surface area contributed by atoms with Gasteiger partial charge in [0.2, 0.25) is 0 Å². The van der Waals surface area contributed by atoms with Crippen molar-refractivity contribution in [3.8, 4) is 11.4 Å². The van der Waals surface area contributed by atoms with Crippen LogP contribution in [-0.4, -0.2) is 9.97 Å². The predicted molar refractivity (Wildman–Crippen MR) is 65.1 cm³/mol. The first kappa shape index (κ1) is 10.5. The summed E-state index contributed by atoms with van der Waals surface area (Å²) < 4.78 is 0.843. The van der Waals surface area contributed by atoms with E-state index >= 15 is 0 Å². The van der Waals surface area contributed by atoms with E-state index in [9.17, 15) is 0 Å². The monoisotopic (exact) mass is 267 g/mol. The van der Waals surface area contributed by atoms with Crippen LogP contribution in [0.2, 0.25) is 0 Å². The van der Waals surface area contributed by atoms with Crippen molar-refractivity contribution in [2.75, 3.05) is 5.73 Å². The molecule has 0 radical (unpaired) electrons. The van der Waals surface area contributed by atoms with Crippen LogP contribution in [0.15, 0.2) is 30.3 Å². The fraction of sp³-hybridized carbons (Fsp3) is 0.0769. The number of nitrogens with one attached hydrogen (secondary N) is 1. The van der Waals surface area contributed by atoms with Crippen LogP contribution in [0.4, 0.5) is 5.69 Å². The summed E-state index contributed by atoms with van der Waals surface area (Å²) in [4.78, 5) is 7.91. The Bertz CT molecular complexity index is 745. The minimum absolute atomic E-state index is 0.771. The Morgan fingerprint density at radius 1 is 1.24 bits per heavy atom. The molecule has 2 aliphatic rings. The molecule has 0 saturated carbocycles. The quantitative estimate of drug-likeness (QED) is 0.374. The number of aromatic amines is 1. The second-order valence-corrected chi connectivity index (χ2v) is 4.66. The number of aryl methyl sites for hydroxylation is 1. The molecule has 0 aromatic heterocycles. The zero-order valence-electron chi connectivity index (χ0n) is 9.23. The van der Waals surface area contributed by atoms with Gasteiger partial charge in [-0.05, 0) is 0 Å². The van der Waals surface area contributed by atoms with E-state index in [1.807, 2.05) is 37.3 Å². The van der Waals surface area contributed by atoms with Crippen molar-refractivity contribution >= 4 is 16.7 Å². The molecule has 1 heterocycles. The van der Waals surface area contributed by atoms with Gasteiger partial charge in [-0.3, -0.25) is 0 Å². The zero-order chi connectivity index (χ0) is 12.0. The van der Waals surface area contributed by atoms with E-state index in [2.05, 4.69) is 9.97 Å². The van der Waals surface area contributed by atoms with E-state index in [-0.39, 0.29) is 0 Å². The summed E-state index contributed by atoms with van der Waals surface area (Å²) in [5.41, 5.74) is 11.4. The fourth-order valence-electron chi connectivity index (χ4n) is 1.87. The van der Waals surface area contributed by atoms with Crippen LogP contribution in [0.1, 0.15) is 5.56 Å². The third-order valence-electron chi connectivity index (χ3n) is 2.83. The number of hydrogen-bond donors (Lipinski definition) is 2. The number of aromatic nitrogens is 2. The molecule has 3 N–H and O–H groups in total. The van der Waals surface area contributed by atoms with Gasteiger partial charge >= 0.3 is 106 Å². The van der Waals surface area contributed by atoms with Gasteiger partial charge in [-0.2, -0.15) is 0 Å². The van der Waals surface area contributed by atoms with E-state index in [1.54, 1.807) is 0 Å². The van der Waals surface area contributed by atoms with E-state index in [4.69, 9.17) is 20.8 Å². The molecule has 0 bridgehead atoms. The van der Waals surface area contributed by atoms with Gasteiger partial charge in [0.15, 0.2) is 0 Å². The summed E-state index contributed by atoms with van der Waals surface area (Å²) in [5.74, 6) is 0. The van der Waals surface area contributed by atoms with Crippen molar-refractivity contribution in [2.45, 2.75) is 6.92 Å². The van der Waals surface area contributed by atoms with Gasteiger partial charge in [-0.25, -0.2) is 0 Å². The van der Waals surface area contributed by atoms with Crippen LogP contribution in [0.3, 0.4) is 0 Å². The summed E-state index contributed by atoms with van der Waals surface area (Å²) in [5, 5.41) is 0. The number of nitrogen functional groups attached to an aromatic ring is 1. The third-order valence-corrected chi connectivity index (χ3v) is 3.14. The second-order valence-electron chi connectivity index (χ2n) is 4.09. The Balaban J connectivity index is 2.45. The van der Waals surface area contributed by atoms with Crippen LogP contribution < -0.4 is 5.73 Å². The molecule has 3 nitrogen and oxygen atoms in total. The van der Waals surface area contributed by atoms with Crippen molar-refractivity contribution in [2.24, 2.45) is 0 Å². The molecule has 4 heteroatoms. The summed E-state index contributed by atoms with van der Waals surface area (Å²) in [6.45, 7) is 1.98. The van der Waals surface area contributed by atoms with E-state index in [0.717, 1.165) is 37.8 Å². The maximum atomic E-state index is 5.89. The molecule has 0 spiro atoms. The average molecular weight is 268 g/mol. The van der Waals surface area contributed by atoms with Gasteiger partial charge < -0.3 is 0 Å². The Labute approximate surface area is 106 Å². The molecule has 1 aliphatic carbocycles. The molecule has 0 unspecified atom stereocenters. The Morgan fingerprint density at radius 2 is 2.06 bits per heavy atom. The number of nitrogens with zero attached hydrogens (tertiary/aromatic N) is 1. The van der Waals surface area contributed by atoms with Gasteiger partial charge in [-0.15, -0.1) is 0 Å². The number of hydrogen-bond acceptors (Lipinski definition) is 2. The number of fused-ring (bicyclic) bond motifs is 2. The fourth-order valence-corrected chi connectivity index (χ4v) is 2.09. The van der Waals surface area contributed by atoms with Gasteiger partial charge in [0.05, 0.1) is 0 Å². The average Bonchev–Trinajstić information content (AvgIpc) is 2.28. The number of H-pyrrole nitrogens is 1. The maximum absolute atomic E-state index is 5.89. The van der Waals surface area contributed by atoms with Crippen LogP contribution in [0.25, 0.3) is 22.4 Å². The third kappa shape index (κ3) is 1.75. The second kappa shape index (κ2) is 3.67. The molecular weight excluding hydrogens is 257 g/mol. The van der Waals surface area contributed by atoms with Crippen LogP contribution in [-0.2, 0) is 15.0 Å². The number of nitrogens with two attached hydrogens (primary N) is 1. The molecular formula is C13H11N3Ni. The molecule has 0 saturated heterocycles. The van der Waals surface area contributed by atoms with Gasteiger partial charge in [0, 0.05) is 0 Å². The molecule has 1 aromatic rings. The zero-order valence-corrected chi connectivity index (χ0v) is 10.2. The standard InChI is InChI=1S/C13H11N3.Ni/c1-8-6-12-13(7-9(8)14)16-11-5-3-2-4-10(11)15-12;/h2,4-7,16H,14H2,1H3;. The SMILES string of the molecule is Cc1cc2nc3cc[c](=[Ni])cc-3[nH]c2cc1N. The summed E-state index contributed by atoms with van der Waals surface area (Å²) in [7, 11) is 0. The summed E-state index contributed by atoms with van der Waals surface area (Å²) in [6, 6.07) is 9.67. The molecule has 88 valence electrons. The molecule has 1 aromatic carbocycles. The Hall–Kier alpha value is -1.67. The van der Waals surface area contributed by atoms with Crippen molar-refractivity contribution < 1.29 is 15.0 Å². The minimum atomic E-state index is 0.771. The van der Waals surface area contributed by atoms with E-state index in [1.165, 1.54) is 0 Å². The number of anilines is 1. The van der Waals surface area contributed by atoms with Crippen molar-refractivity contribution in [1.82, 2.24) is 9.97 Å². The summed E-state index contributed by atoms with van der Waals surface area (Å²) in [6.07, 6.45) is 0. The van der Waals surface area contributed by atoms with Gasteiger partial charge in [0.25, 0.3) is 0 Å². The molecule has 0 fully saturated rings. The van der Waals surface area contributed by atoms with Gasteiger partial charge in [-0.1, -0.05) is 0 Å². The van der Waals surface area contributed by atoms with E-state index < -0.39 is 0 Å². The van der Waals surface area contributed by atoms with E-state index in [0.29, 0.717) is 0 Å². The molecule has 0 atom stereocenters. The van der Waals surface area contributed by atoms with Gasteiger partial charge in [0.1, 0.15) is 0 Å². The van der Waals surface area contributed by atoms with Crippen molar-refractivity contribution in [3.05, 3.63) is 40.0 Å². The Kier molecular flexibility index (Phi) is 2.27. The molecule has 0 amide bonds. The topological polar surface area (TPSA) is 54.7 Å². The Morgan fingerprint density at radius 3 is 2.88 bits per heavy atom. The normalized spacial score (nSPS) is 11.2. The molecule has 3 rings (SSSR count). The first-order chi connectivity index (χ1) is 8.13. The first-order valence-corrected chi connectivity index (χ1v) is 5.78. The van der Waals surface area contributed by atoms with Crippen LogP contribution >= 0.6 is 0 Å². The predicted octanol–water partition coefficient (Wildman–Crippen LogP) is 2.64.